The average molecular weight is 326 g/mol. The second-order valence-corrected chi connectivity index (χ2v) is 7.47. The van der Waals surface area contributed by atoms with E-state index in [2.05, 4.69) is 58.9 Å². The maximum absolute atomic E-state index is 4.68. The van der Waals surface area contributed by atoms with Crippen molar-refractivity contribution < 1.29 is 0 Å². The van der Waals surface area contributed by atoms with Crippen molar-refractivity contribution in [1.29, 1.82) is 0 Å². The van der Waals surface area contributed by atoms with Crippen molar-refractivity contribution in [2.24, 2.45) is 5.92 Å². The predicted octanol–water partition coefficient (Wildman–Crippen LogP) is 4.53. The van der Waals surface area contributed by atoms with Gasteiger partial charge in [-0.2, -0.15) is 0 Å². The molecule has 0 aliphatic heterocycles. The van der Waals surface area contributed by atoms with E-state index in [0.717, 1.165) is 22.2 Å². The van der Waals surface area contributed by atoms with Crippen molar-refractivity contribution in [3.05, 3.63) is 16.5 Å². The van der Waals surface area contributed by atoms with E-state index < -0.39 is 0 Å². The van der Waals surface area contributed by atoms with Crippen LogP contribution in [-0.2, 0) is 5.41 Å². The van der Waals surface area contributed by atoms with Gasteiger partial charge >= 0.3 is 0 Å². The minimum absolute atomic E-state index is 0.0294. The van der Waals surface area contributed by atoms with Gasteiger partial charge in [0.05, 0.1) is 0 Å². The van der Waals surface area contributed by atoms with E-state index in [1.54, 1.807) is 0 Å². The molecule has 2 unspecified atom stereocenters. The highest BCUT2D eigenvalue weighted by Gasteiger charge is 2.23. The fourth-order valence-electron chi connectivity index (χ4n) is 2.55. The van der Waals surface area contributed by atoms with Crippen molar-refractivity contribution in [1.82, 2.24) is 9.97 Å². The van der Waals surface area contributed by atoms with E-state index in [9.17, 15) is 0 Å². The van der Waals surface area contributed by atoms with Crippen LogP contribution >= 0.6 is 15.9 Å². The third kappa shape index (κ3) is 3.91. The molecule has 1 aliphatic rings. The van der Waals surface area contributed by atoms with Crippen LogP contribution in [0.15, 0.2) is 10.7 Å². The molecule has 0 bridgehead atoms. The van der Waals surface area contributed by atoms with Crippen molar-refractivity contribution in [2.75, 3.05) is 5.32 Å². The molecule has 4 heteroatoms. The molecule has 1 N–H and O–H groups in total. The molecule has 2 atom stereocenters. The van der Waals surface area contributed by atoms with Gasteiger partial charge in [-0.1, -0.05) is 40.5 Å². The number of hydrogen-bond acceptors (Lipinski definition) is 3. The van der Waals surface area contributed by atoms with Crippen LogP contribution in [0.3, 0.4) is 0 Å². The number of nitrogens with one attached hydrogen (secondary N) is 1. The summed E-state index contributed by atoms with van der Waals surface area (Å²) in [6, 6.07) is 2.53. The van der Waals surface area contributed by atoms with E-state index >= 15 is 0 Å². The fraction of sp³-hybridized carbons (Fsp3) is 0.733. The van der Waals surface area contributed by atoms with Crippen LogP contribution in [0.5, 0.6) is 0 Å². The minimum Gasteiger partial charge on any atom is -0.367 e. The van der Waals surface area contributed by atoms with Gasteiger partial charge in [-0.15, -0.1) is 0 Å². The van der Waals surface area contributed by atoms with Crippen molar-refractivity contribution >= 4 is 21.7 Å². The van der Waals surface area contributed by atoms with Gasteiger partial charge in [0.2, 0.25) is 0 Å². The Balaban J connectivity index is 2.18. The SMILES string of the molecule is CC1CCCCC1Nc1cc(Br)nc(C(C)(C)C)n1. The quantitative estimate of drug-likeness (QED) is 0.812. The highest BCUT2D eigenvalue weighted by molar-refractivity contribution is 9.10. The molecule has 0 amide bonds. The van der Waals surface area contributed by atoms with Gasteiger partial charge in [-0.3, -0.25) is 0 Å². The van der Waals surface area contributed by atoms with Crippen molar-refractivity contribution in [3.8, 4) is 0 Å². The smallest absolute Gasteiger partial charge is 0.137 e. The third-order valence-corrected chi connectivity index (χ3v) is 4.22. The molecule has 0 saturated heterocycles. The summed E-state index contributed by atoms with van der Waals surface area (Å²) in [5.74, 6) is 2.55. The molecule has 106 valence electrons. The molecule has 1 aliphatic carbocycles. The third-order valence-electron chi connectivity index (χ3n) is 3.81. The zero-order valence-corrected chi connectivity index (χ0v) is 13.9. The molecule has 1 fully saturated rings. The Hall–Kier alpha value is -0.640. The molecule has 3 nitrogen and oxygen atoms in total. The first kappa shape index (κ1) is 14.8. The van der Waals surface area contributed by atoms with Gasteiger partial charge in [-0.25, -0.2) is 9.97 Å². The summed E-state index contributed by atoms with van der Waals surface area (Å²) in [5, 5.41) is 3.60. The Bertz CT molecular complexity index is 440. The van der Waals surface area contributed by atoms with Gasteiger partial charge in [0.15, 0.2) is 0 Å². The molecule has 1 heterocycles. The van der Waals surface area contributed by atoms with Crippen LogP contribution in [0, 0.1) is 5.92 Å². The lowest BCUT2D eigenvalue weighted by molar-refractivity contribution is 0.348. The second-order valence-electron chi connectivity index (χ2n) is 6.66. The first-order valence-electron chi connectivity index (χ1n) is 7.18. The van der Waals surface area contributed by atoms with Crippen LogP contribution < -0.4 is 5.32 Å². The fourth-order valence-corrected chi connectivity index (χ4v) is 2.93. The van der Waals surface area contributed by atoms with E-state index in [1.165, 1.54) is 25.7 Å². The van der Waals surface area contributed by atoms with Crippen LogP contribution in [0.25, 0.3) is 0 Å². The lowest BCUT2D eigenvalue weighted by Gasteiger charge is -2.30. The van der Waals surface area contributed by atoms with E-state index in [0.29, 0.717) is 6.04 Å². The molecular weight excluding hydrogens is 302 g/mol. The minimum atomic E-state index is -0.0294. The Morgan fingerprint density at radius 3 is 2.53 bits per heavy atom. The summed E-state index contributed by atoms with van der Waals surface area (Å²) >= 11 is 3.49. The summed E-state index contributed by atoms with van der Waals surface area (Å²) in [6.45, 7) is 8.75. The summed E-state index contributed by atoms with van der Waals surface area (Å²) in [6.07, 6.45) is 5.24. The van der Waals surface area contributed by atoms with Crippen LogP contribution in [0.2, 0.25) is 0 Å². The Kier molecular flexibility index (Phi) is 4.49. The topological polar surface area (TPSA) is 37.8 Å². The second kappa shape index (κ2) is 5.78. The van der Waals surface area contributed by atoms with Crippen molar-refractivity contribution in [3.63, 3.8) is 0 Å². The molecule has 0 radical (unpaired) electrons. The van der Waals surface area contributed by atoms with E-state index in [1.807, 2.05) is 6.07 Å². The van der Waals surface area contributed by atoms with Gasteiger partial charge in [0.25, 0.3) is 0 Å². The lowest BCUT2D eigenvalue weighted by Crippen LogP contribution is -2.31. The average Bonchev–Trinajstić information content (AvgIpc) is 2.30. The van der Waals surface area contributed by atoms with Crippen LogP contribution in [0.1, 0.15) is 59.2 Å². The summed E-state index contributed by atoms with van der Waals surface area (Å²) < 4.78 is 0.860. The van der Waals surface area contributed by atoms with Gasteiger partial charge in [0.1, 0.15) is 16.2 Å². The number of halogens is 1. The first-order valence-corrected chi connectivity index (χ1v) is 7.97. The number of nitrogens with zero attached hydrogens (tertiary/aromatic N) is 2. The van der Waals surface area contributed by atoms with Gasteiger partial charge < -0.3 is 5.32 Å². The molecule has 1 aromatic heterocycles. The lowest BCUT2D eigenvalue weighted by atomic mass is 9.86. The van der Waals surface area contributed by atoms with Gasteiger partial charge in [-0.05, 0) is 34.7 Å². The van der Waals surface area contributed by atoms with E-state index in [-0.39, 0.29) is 5.41 Å². The number of anilines is 1. The van der Waals surface area contributed by atoms with Crippen LogP contribution in [-0.4, -0.2) is 16.0 Å². The number of rotatable bonds is 2. The predicted molar refractivity (Wildman–Crippen MR) is 83.5 cm³/mol. The summed E-state index contributed by atoms with van der Waals surface area (Å²) in [5.41, 5.74) is -0.0294. The maximum Gasteiger partial charge on any atom is 0.137 e. The molecule has 19 heavy (non-hydrogen) atoms. The Morgan fingerprint density at radius 1 is 1.21 bits per heavy atom. The van der Waals surface area contributed by atoms with Crippen LogP contribution in [0.4, 0.5) is 5.82 Å². The van der Waals surface area contributed by atoms with E-state index in [4.69, 9.17) is 0 Å². The summed E-state index contributed by atoms with van der Waals surface area (Å²) in [4.78, 5) is 9.16. The number of aromatic nitrogens is 2. The molecule has 0 aromatic carbocycles. The zero-order chi connectivity index (χ0) is 14.0. The summed E-state index contributed by atoms with van der Waals surface area (Å²) in [7, 11) is 0. The van der Waals surface area contributed by atoms with Crippen molar-refractivity contribution in [2.45, 2.75) is 64.8 Å². The molecule has 1 saturated carbocycles. The monoisotopic (exact) mass is 325 g/mol. The highest BCUT2D eigenvalue weighted by atomic mass is 79.9. The normalized spacial score (nSPS) is 24.3. The molecule has 1 aromatic rings. The standard InChI is InChI=1S/C15H24BrN3/c1-10-7-5-6-8-11(10)17-13-9-12(16)18-14(19-13)15(2,3)4/h9-11H,5-8H2,1-4H3,(H,17,18,19). The largest absolute Gasteiger partial charge is 0.367 e. The molecule has 0 spiro atoms. The zero-order valence-electron chi connectivity index (χ0n) is 12.3. The number of hydrogen-bond donors (Lipinski definition) is 1. The van der Waals surface area contributed by atoms with Gasteiger partial charge in [0, 0.05) is 17.5 Å². The Labute approximate surface area is 124 Å². The highest BCUT2D eigenvalue weighted by Crippen LogP contribution is 2.28. The maximum atomic E-state index is 4.68. The molecule has 2 rings (SSSR count). The Morgan fingerprint density at radius 2 is 1.89 bits per heavy atom. The first-order chi connectivity index (χ1) is 8.86. The molecular formula is C15H24BrN3.